The minimum Gasteiger partial charge on any atom is -0.481 e. The molecule has 2 aliphatic heterocycles. The van der Waals surface area contributed by atoms with Gasteiger partial charge in [-0.15, -0.1) is 0 Å². The van der Waals surface area contributed by atoms with E-state index in [1.807, 2.05) is 13.8 Å². The molecule has 0 spiro atoms. The number of imidazole rings is 1. The van der Waals surface area contributed by atoms with E-state index < -0.39 is 289 Å². The molecular weight excluding hydrogens is 1860 g/mol. The van der Waals surface area contributed by atoms with Crippen LogP contribution in [0.15, 0.2) is 12.5 Å². The van der Waals surface area contributed by atoms with E-state index in [2.05, 4.69) is 89.7 Å². The van der Waals surface area contributed by atoms with Gasteiger partial charge in [0.1, 0.15) is 109 Å². The van der Waals surface area contributed by atoms with Crippen molar-refractivity contribution >= 4 is 124 Å². The summed E-state index contributed by atoms with van der Waals surface area (Å²) in [6.07, 6.45) is -3.37. The topological polar surface area (TPSA) is 774 Å². The lowest BCUT2D eigenvalue weighted by molar-refractivity contribution is -0.145. The minimum atomic E-state index is -2.11. The number of aromatic amines is 1. The summed E-state index contributed by atoms with van der Waals surface area (Å²) in [6.45, 7) is 28.6. The monoisotopic (exact) mass is 2020 g/mol. The molecule has 1 aromatic rings. The predicted octanol–water partition coefficient (Wildman–Crippen LogP) is -4.31. The first-order chi connectivity index (χ1) is 66.3. The first kappa shape index (κ1) is 124. The number of likely N-dealkylation sites (tertiary alicyclic amines) is 2. The van der Waals surface area contributed by atoms with E-state index in [0.717, 1.165) is 13.8 Å². The fourth-order valence-electron chi connectivity index (χ4n) is 16.2. The quantitative estimate of drug-likeness (QED) is 0.0274. The molecule has 20 atom stereocenters. The van der Waals surface area contributed by atoms with Gasteiger partial charge in [-0.25, -0.2) is 9.78 Å². The van der Waals surface area contributed by atoms with Crippen LogP contribution in [0.4, 0.5) is 0 Å². The standard InChI is InChI=1S/C93H158N22O27/c1-44(2)33-59(79(127)104-63(39-54-41-97-43-98-54)80(128)108-65(37-48(9)10)91(139)115-32-22-25-68(115)86(134)109-66(38-49(11)12)92(140)114-31-21-24-67(114)85(133)105-61(35-46(5)6)81(129)110-73(51(15)16)88(136)101-58(93(141)142)26-28-69(96)119)103-77(125)56(23-19-20-30-94)99-78(126)57(27-29-70(120)121)100-87(135)72(50(13)14)111-84(132)64(40-71(122)123)107-90(138)75(53(18)118)113-83(131)62(36-47(7)8)106-89(137)74(52(17)117)112-82(130)60(34-45(3)4)102-76(124)55(95)42-116/h41,43-53,55-68,72-75,116-118H,19-40,42,94-95H2,1-18H3,(H2,96,119)(H,97,98)(H,99,126)(H,100,135)(H,101,136)(H,102,124)(H,103,125)(H,104,127)(H,105,133)(H,106,137)(H,107,138)(H,108,128)(H,109,134)(H,110,129)(H,111,132)(H,112,130)(H,113,131)(H,120,121)(H,122,123)(H,141,142)/t52-,53-,55+,56+,57+,58+,59+,60+,61+,62+,63+,64+,65+,66+,67+,68+,72+,73+,74+,75+/m1/s1. The number of carboxylic acid groups (broad SMARTS) is 3. The molecule has 3 heterocycles. The summed E-state index contributed by atoms with van der Waals surface area (Å²) in [5.41, 5.74) is 17.1. The second-order valence-corrected chi connectivity index (χ2v) is 40.0. The molecule has 3 rings (SSSR count). The summed E-state index contributed by atoms with van der Waals surface area (Å²) in [5, 5.41) is 98.8. The second-order valence-electron chi connectivity index (χ2n) is 40.0. The van der Waals surface area contributed by atoms with Crippen LogP contribution >= 0.6 is 0 Å². The zero-order valence-corrected chi connectivity index (χ0v) is 84.9. The van der Waals surface area contributed by atoms with Crippen molar-refractivity contribution in [3.63, 3.8) is 0 Å². The van der Waals surface area contributed by atoms with E-state index in [1.165, 1.54) is 36.2 Å². The van der Waals surface area contributed by atoms with Gasteiger partial charge in [0.25, 0.3) is 0 Å². The fourth-order valence-corrected chi connectivity index (χ4v) is 16.2. The number of aliphatic hydroxyl groups excluding tert-OH is 3. The third-order valence-electron chi connectivity index (χ3n) is 23.6. The Bertz CT molecular complexity index is 4410. The van der Waals surface area contributed by atoms with E-state index >= 15 is 9.59 Å². The molecule has 142 heavy (non-hydrogen) atoms. The maximum Gasteiger partial charge on any atom is 0.326 e. The molecule has 0 bridgehead atoms. The molecule has 49 nitrogen and oxygen atoms in total. The Balaban J connectivity index is 1.95. The van der Waals surface area contributed by atoms with Crippen LogP contribution in [0.5, 0.6) is 0 Å². The number of nitrogens with zero attached hydrogens (tertiary/aromatic N) is 3. The van der Waals surface area contributed by atoms with E-state index in [-0.39, 0.29) is 139 Å². The van der Waals surface area contributed by atoms with E-state index in [9.17, 15) is 122 Å². The molecule has 1 aromatic heterocycles. The third-order valence-corrected chi connectivity index (χ3v) is 23.6. The van der Waals surface area contributed by atoms with Crippen molar-refractivity contribution in [3.05, 3.63) is 18.2 Å². The van der Waals surface area contributed by atoms with Crippen LogP contribution in [-0.4, -0.2) is 322 Å². The number of aliphatic carboxylic acids is 3. The van der Waals surface area contributed by atoms with Crippen molar-refractivity contribution in [2.24, 2.45) is 64.5 Å². The smallest absolute Gasteiger partial charge is 0.326 e. The minimum absolute atomic E-state index is 0.00521. The SMILES string of the molecule is CC(C)C[C@H](NC(=O)[C@H](CCCCN)NC(=O)[C@H](CCC(=O)O)NC(=O)[C@@H](NC(=O)[C@H](CC(=O)O)NC(=O)[C@@H](NC(=O)[C@H](CC(C)C)NC(=O)[C@@H](NC(=O)[C@H](CC(C)C)NC(=O)[C@@H](N)CO)[C@@H](C)O)[C@@H](C)O)C(C)C)C(=O)N[C@@H](Cc1cnc[nH]1)C(=O)N[C@@H](CC(C)C)C(=O)N1CCC[C@H]1C(=O)N[C@@H](CC(C)C)C(=O)N1CCC[C@H]1C(=O)N[C@@H](CC(C)C)C(=O)N[C@H](C(=O)N[C@@H](CCC(N)=O)C(=O)O)C(C)C. The number of carboxylic acids is 3. The number of rotatable bonds is 64. The molecule has 2 saturated heterocycles. The normalized spacial score (nSPS) is 17.5. The van der Waals surface area contributed by atoms with Crippen LogP contribution in [0.3, 0.4) is 0 Å². The third kappa shape index (κ3) is 42.6. The number of nitrogens with one attached hydrogen (secondary N) is 16. The Labute approximate surface area is 828 Å². The number of H-pyrrole nitrogens is 1. The highest BCUT2D eigenvalue weighted by molar-refractivity contribution is 6.02. The Morgan fingerprint density at radius 1 is 0.380 bits per heavy atom. The highest BCUT2D eigenvalue weighted by atomic mass is 16.4. The van der Waals surface area contributed by atoms with Crippen LogP contribution in [0, 0.1) is 47.3 Å². The number of carbonyl (C=O) groups excluding carboxylic acids is 18. The zero-order valence-electron chi connectivity index (χ0n) is 84.9. The summed E-state index contributed by atoms with van der Waals surface area (Å²) >= 11 is 0. The van der Waals surface area contributed by atoms with Gasteiger partial charge in [-0.05, 0) is 164 Å². The summed E-state index contributed by atoms with van der Waals surface area (Å²) in [4.78, 5) is 302. The van der Waals surface area contributed by atoms with Crippen LogP contribution < -0.4 is 97.0 Å². The van der Waals surface area contributed by atoms with Crippen LogP contribution in [0.2, 0.25) is 0 Å². The van der Waals surface area contributed by atoms with Gasteiger partial charge in [0.2, 0.25) is 106 Å². The molecular formula is C93H158N22O27. The fraction of sp³-hybridized carbons (Fsp3) is 0.742. The highest BCUT2D eigenvalue weighted by Gasteiger charge is 2.46. The van der Waals surface area contributed by atoms with Crippen molar-refractivity contribution in [2.75, 3.05) is 26.2 Å². The number of primary amides is 1. The number of aromatic nitrogens is 2. The number of aliphatic hydroxyl groups is 3. The van der Waals surface area contributed by atoms with E-state index in [1.54, 1.807) is 83.1 Å². The van der Waals surface area contributed by atoms with E-state index in [0.29, 0.717) is 18.5 Å². The zero-order chi connectivity index (χ0) is 108. The molecule has 28 N–H and O–H groups in total. The Morgan fingerprint density at radius 2 is 0.697 bits per heavy atom. The Hall–Kier alpha value is -12.1. The molecule has 0 radical (unpaired) electrons. The summed E-state index contributed by atoms with van der Waals surface area (Å²) in [7, 11) is 0. The first-order valence-corrected chi connectivity index (χ1v) is 48.8. The number of carbonyl (C=O) groups is 21. The van der Waals surface area contributed by atoms with E-state index in [4.69, 9.17) is 17.2 Å². The van der Waals surface area contributed by atoms with Crippen molar-refractivity contribution in [2.45, 2.75) is 368 Å². The number of nitrogens with two attached hydrogens (primary N) is 3. The van der Waals surface area contributed by atoms with Gasteiger partial charge in [-0.1, -0.05) is 111 Å². The van der Waals surface area contributed by atoms with Gasteiger partial charge >= 0.3 is 17.9 Å². The maximum atomic E-state index is 15.2. The average molecular weight is 2020 g/mol. The summed E-state index contributed by atoms with van der Waals surface area (Å²) in [6, 6.07) is -27.5. The molecule has 0 saturated carbocycles. The summed E-state index contributed by atoms with van der Waals surface area (Å²) < 4.78 is 0. The number of hydrogen-bond acceptors (Lipinski definition) is 27. The molecule has 0 aromatic carbocycles. The molecule has 0 unspecified atom stereocenters. The lowest BCUT2D eigenvalue weighted by Crippen LogP contribution is -2.63. The number of unbranched alkanes of at least 4 members (excludes halogenated alkanes) is 1. The molecule has 2 fully saturated rings. The number of amides is 18. The molecule has 2 aliphatic rings. The molecule has 49 heteroatoms. The summed E-state index contributed by atoms with van der Waals surface area (Å²) in [5.74, 6) is -25.0. The largest absolute Gasteiger partial charge is 0.481 e. The van der Waals surface area contributed by atoms with Gasteiger partial charge in [0.05, 0.1) is 31.6 Å². The van der Waals surface area contributed by atoms with Crippen molar-refractivity contribution in [1.29, 1.82) is 0 Å². The van der Waals surface area contributed by atoms with Gasteiger partial charge in [0.15, 0.2) is 0 Å². The predicted molar refractivity (Wildman–Crippen MR) is 514 cm³/mol. The number of hydrogen-bond donors (Lipinski definition) is 25. The maximum absolute atomic E-state index is 15.2. The lowest BCUT2D eigenvalue weighted by Gasteiger charge is -2.33. The first-order valence-electron chi connectivity index (χ1n) is 48.8. The molecule has 18 amide bonds. The van der Waals surface area contributed by atoms with Crippen molar-refractivity contribution < 1.29 is 131 Å². The van der Waals surface area contributed by atoms with Crippen molar-refractivity contribution in [1.82, 2.24) is 99.5 Å². The van der Waals surface area contributed by atoms with Crippen LogP contribution in [0.1, 0.15) is 246 Å². The van der Waals surface area contributed by atoms with Gasteiger partial charge < -0.3 is 142 Å². The highest BCUT2D eigenvalue weighted by Crippen LogP contribution is 2.26. The Morgan fingerprint density at radius 3 is 1.08 bits per heavy atom. The average Bonchev–Trinajstić information content (AvgIpc) is 1.65. The van der Waals surface area contributed by atoms with Crippen LogP contribution in [0.25, 0.3) is 0 Å². The second kappa shape index (κ2) is 61.0. The lowest BCUT2D eigenvalue weighted by atomic mass is 9.99. The molecule has 0 aliphatic carbocycles. The molecule has 802 valence electrons. The van der Waals surface area contributed by atoms with Crippen LogP contribution in [-0.2, 0) is 107 Å². The van der Waals surface area contributed by atoms with Gasteiger partial charge in [0, 0.05) is 44.2 Å². The van der Waals surface area contributed by atoms with Gasteiger partial charge in [-0.3, -0.25) is 95.9 Å². The van der Waals surface area contributed by atoms with Gasteiger partial charge in [-0.2, -0.15) is 0 Å². The Kier molecular flexibility index (Phi) is 53.3. The van der Waals surface area contributed by atoms with Crippen molar-refractivity contribution in [3.8, 4) is 0 Å².